The summed E-state index contributed by atoms with van der Waals surface area (Å²) in [6.07, 6.45) is -3.87. The van der Waals surface area contributed by atoms with Gasteiger partial charge < -0.3 is 9.80 Å². The second-order valence-corrected chi connectivity index (χ2v) is 9.18. The standard InChI is InChI=1S/C21H22F6N8/c1-13-30-15(21(25,26)27)8-16(31-13)34-7-4-19(11-34)2-5-33(6-3-19)18-28-9-14-10-29-35(17(14)32-18)12-20(22,23)24/h8-10H,2-7,11-12H2,1H3. The Morgan fingerprint density at radius 2 is 1.60 bits per heavy atom. The summed E-state index contributed by atoms with van der Waals surface area (Å²) in [5.41, 5.74) is -0.914. The van der Waals surface area contributed by atoms with E-state index in [0.717, 1.165) is 30.0 Å². The molecule has 0 N–H and O–H groups in total. The molecule has 2 aliphatic heterocycles. The van der Waals surface area contributed by atoms with Crippen molar-refractivity contribution in [3.8, 4) is 0 Å². The van der Waals surface area contributed by atoms with E-state index < -0.39 is 24.6 Å². The van der Waals surface area contributed by atoms with Crippen LogP contribution in [-0.4, -0.2) is 62.1 Å². The summed E-state index contributed by atoms with van der Waals surface area (Å²) in [6.45, 7) is 2.55. The normalized spacial score (nSPS) is 18.7. The molecule has 14 heteroatoms. The van der Waals surface area contributed by atoms with Crippen LogP contribution in [0.2, 0.25) is 0 Å². The molecule has 0 aliphatic carbocycles. The molecule has 3 aromatic rings. The van der Waals surface area contributed by atoms with Crippen molar-refractivity contribution in [1.29, 1.82) is 0 Å². The number of aryl methyl sites for hydroxylation is 1. The van der Waals surface area contributed by atoms with Crippen molar-refractivity contribution in [3.63, 3.8) is 0 Å². The van der Waals surface area contributed by atoms with Crippen LogP contribution in [0.4, 0.5) is 38.1 Å². The molecule has 5 heterocycles. The van der Waals surface area contributed by atoms with Gasteiger partial charge in [0.25, 0.3) is 0 Å². The zero-order valence-electron chi connectivity index (χ0n) is 18.7. The third-order valence-corrected chi connectivity index (χ3v) is 6.68. The molecule has 0 atom stereocenters. The number of piperidine rings is 1. The smallest absolute Gasteiger partial charge is 0.356 e. The zero-order chi connectivity index (χ0) is 25.0. The summed E-state index contributed by atoms with van der Waals surface area (Å²) >= 11 is 0. The van der Waals surface area contributed by atoms with Gasteiger partial charge >= 0.3 is 12.4 Å². The minimum atomic E-state index is -4.54. The molecule has 0 bridgehead atoms. The van der Waals surface area contributed by atoms with Gasteiger partial charge in [-0.25, -0.2) is 19.6 Å². The summed E-state index contributed by atoms with van der Waals surface area (Å²) in [7, 11) is 0. The van der Waals surface area contributed by atoms with Crippen LogP contribution in [0.3, 0.4) is 0 Å². The van der Waals surface area contributed by atoms with Crippen LogP contribution >= 0.6 is 0 Å². The Balaban J connectivity index is 1.28. The number of aromatic nitrogens is 6. The van der Waals surface area contributed by atoms with Crippen LogP contribution in [0, 0.1) is 12.3 Å². The molecule has 2 fully saturated rings. The molecule has 0 unspecified atom stereocenters. The van der Waals surface area contributed by atoms with E-state index in [9.17, 15) is 26.3 Å². The Kier molecular flexibility index (Phi) is 5.51. The summed E-state index contributed by atoms with van der Waals surface area (Å²) in [6, 6.07) is 0.994. The molecule has 188 valence electrons. The number of hydrogen-bond acceptors (Lipinski definition) is 7. The summed E-state index contributed by atoms with van der Waals surface area (Å²) < 4.78 is 78.9. The van der Waals surface area contributed by atoms with Crippen molar-refractivity contribution < 1.29 is 26.3 Å². The maximum atomic E-state index is 13.2. The molecule has 2 saturated heterocycles. The fourth-order valence-electron chi connectivity index (χ4n) is 4.87. The lowest BCUT2D eigenvalue weighted by Crippen LogP contribution is -2.42. The number of nitrogens with zero attached hydrogens (tertiary/aromatic N) is 8. The molecule has 2 aliphatic rings. The van der Waals surface area contributed by atoms with Gasteiger partial charge in [0.15, 0.2) is 5.65 Å². The minimum absolute atomic E-state index is 0.0721. The Morgan fingerprint density at radius 3 is 2.26 bits per heavy atom. The van der Waals surface area contributed by atoms with Gasteiger partial charge in [0.05, 0.1) is 11.6 Å². The van der Waals surface area contributed by atoms with E-state index in [1.54, 1.807) is 0 Å². The molecule has 0 aromatic carbocycles. The number of halogens is 6. The number of fused-ring (bicyclic) bond motifs is 1. The predicted molar refractivity (Wildman–Crippen MR) is 114 cm³/mol. The van der Waals surface area contributed by atoms with E-state index in [4.69, 9.17) is 0 Å². The maximum Gasteiger partial charge on any atom is 0.433 e. The molecule has 5 rings (SSSR count). The lowest BCUT2D eigenvalue weighted by molar-refractivity contribution is -0.142. The van der Waals surface area contributed by atoms with Crippen molar-refractivity contribution in [2.75, 3.05) is 36.0 Å². The van der Waals surface area contributed by atoms with Crippen molar-refractivity contribution in [2.45, 2.75) is 45.1 Å². The van der Waals surface area contributed by atoms with Crippen molar-refractivity contribution in [1.82, 2.24) is 29.7 Å². The van der Waals surface area contributed by atoms with Crippen molar-refractivity contribution in [2.24, 2.45) is 5.41 Å². The van der Waals surface area contributed by atoms with Crippen LogP contribution in [0.5, 0.6) is 0 Å². The molecule has 1 spiro atoms. The first-order valence-electron chi connectivity index (χ1n) is 11.1. The molecular formula is C21H22F6N8. The third kappa shape index (κ3) is 4.82. The van der Waals surface area contributed by atoms with E-state index in [2.05, 4.69) is 25.0 Å². The van der Waals surface area contributed by atoms with Gasteiger partial charge in [-0.05, 0) is 31.6 Å². The zero-order valence-corrected chi connectivity index (χ0v) is 18.7. The average molecular weight is 500 g/mol. The highest BCUT2D eigenvalue weighted by Gasteiger charge is 2.42. The highest BCUT2D eigenvalue weighted by molar-refractivity contribution is 5.74. The predicted octanol–water partition coefficient (Wildman–Crippen LogP) is 4.00. The van der Waals surface area contributed by atoms with Crippen LogP contribution < -0.4 is 9.80 Å². The first kappa shape index (κ1) is 23.5. The van der Waals surface area contributed by atoms with E-state index in [1.165, 1.54) is 19.3 Å². The van der Waals surface area contributed by atoms with Crippen LogP contribution in [-0.2, 0) is 12.7 Å². The number of anilines is 2. The van der Waals surface area contributed by atoms with Gasteiger partial charge in [-0.1, -0.05) is 0 Å². The molecule has 0 amide bonds. The van der Waals surface area contributed by atoms with Crippen LogP contribution in [0.1, 0.15) is 30.8 Å². The largest absolute Gasteiger partial charge is 0.433 e. The van der Waals surface area contributed by atoms with Gasteiger partial charge in [0.1, 0.15) is 23.9 Å². The Labute approximate surface area is 196 Å². The summed E-state index contributed by atoms with van der Waals surface area (Å²) in [4.78, 5) is 20.2. The maximum absolute atomic E-state index is 13.2. The van der Waals surface area contributed by atoms with E-state index >= 15 is 0 Å². The van der Waals surface area contributed by atoms with E-state index in [-0.39, 0.29) is 22.7 Å². The van der Waals surface area contributed by atoms with Gasteiger partial charge in [0, 0.05) is 38.4 Å². The molecule has 0 radical (unpaired) electrons. The van der Waals surface area contributed by atoms with Crippen molar-refractivity contribution in [3.05, 3.63) is 30.0 Å². The van der Waals surface area contributed by atoms with E-state index in [1.807, 2.05) is 9.80 Å². The molecule has 8 nitrogen and oxygen atoms in total. The fourth-order valence-corrected chi connectivity index (χ4v) is 4.87. The minimum Gasteiger partial charge on any atom is -0.356 e. The van der Waals surface area contributed by atoms with Gasteiger partial charge in [0.2, 0.25) is 5.95 Å². The van der Waals surface area contributed by atoms with E-state index in [0.29, 0.717) is 37.5 Å². The highest BCUT2D eigenvalue weighted by Crippen LogP contribution is 2.42. The summed E-state index contributed by atoms with van der Waals surface area (Å²) in [5, 5.41) is 4.21. The van der Waals surface area contributed by atoms with Gasteiger partial charge in [-0.15, -0.1) is 0 Å². The Morgan fingerprint density at radius 1 is 0.914 bits per heavy atom. The molecule has 35 heavy (non-hydrogen) atoms. The highest BCUT2D eigenvalue weighted by atomic mass is 19.4. The second kappa shape index (κ2) is 8.19. The van der Waals surface area contributed by atoms with Crippen molar-refractivity contribution >= 4 is 22.8 Å². The second-order valence-electron chi connectivity index (χ2n) is 9.18. The Bertz CT molecular complexity index is 1230. The first-order valence-corrected chi connectivity index (χ1v) is 11.1. The molecular weight excluding hydrogens is 478 g/mol. The number of alkyl halides is 6. The molecule has 3 aromatic heterocycles. The van der Waals surface area contributed by atoms with Crippen LogP contribution in [0.25, 0.3) is 11.0 Å². The lowest BCUT2D eigenvalue weighted by atomic mass is 9.78. The lowest BCUT2D eigenvalue weighted by Gasteiger charge is -2.39. The van der Waals surface area contributed by atoms with Crippen LogP contribution in [0.15, 0.2) is 18.5 Å². The average Bonchev–Trinajstić information content (AvgIpc) is 3.36. The third-order valence-electron chi connectivity index (χ3n) is 6.68. The number of rotatable bonds is 3. The Hall–Kier alpha value is -3.19. The topological polar surface area (TPSA) is 75.9 Å². The van der Waals surface area contributed by atoms with Gasteiger partial charge in [-0.3, -0.25) is 0 Å². The quantitative estimate of drug-likeness (QED) is 0.503. The fraction of sp³-hybridized carbons (Fsp3) is 0.571. The summed E-state index contributed by atoms with van der Waals surface area (Å²) in [5.74, 6) is 0.686. The monoisotopic (exact) mass is 500 g/mol. The SMILES string of the molecule is Cc1nc(N2CCC3(CCN(c4ncc5cnn(CC(F)(F)F)c5n4)CC3)C2)cc(C(F)(F)F)n1. The number of hydrogen-bond donors (Lipinski definition) is 0. The first-order chi connectivity index (χ1) is 16.4. The van der Waals surface area contributed by atoms with Gasteiger partial charge in [-0.2, -0.15) is 36.4 Å². The molecule has 0 saturated carbocycles.